The fourth-order valence-electron chi connectivity index (χ4n) is 3.03. The van der Waals surface area contributed by atoms with Gasteiger partial charge in [-0.05, 0) is 36.3 Å². The molecule has 0 atom stereocenters. The van der Waals surface area contributed by atoms with Crippen LogP contribution in [0, 0.1) is 5.41 Å². The summed E-state index contributed by atoms with van der Waals surface area (Å²) in [5.74, 6) is 0. The number of anilines is 1. The van der Waals surface area contributed by atoms with Gasteiger partial charge in [-0.15, -0.1) is 0 Å². The highest BCUT2D eigenvalue weighted by Crippen LogP contribution is 2.41. The molecule has 0 amide bonds. The fourth-order valence-corrected chi connectivity index (χ4v) is 3.35. The van der Waals surface area contributed by atoms with E-state index in [1.54, 1.807) is 0 Å². The van der Waals surface area contributed by atoms with Gasteiger partial charge in [0, 0.05) is 19.6 Å². The van der Waals surface area contributed by atoms with Crippen molar-refractivity contribution in [2.24, 2.45) is 11.1 Å². The van der Waals surface area contributed by atoms with E-state index in [9.17, 15) is 0 Å². The summed E-state index contributed by atoms with van der Waals surface area (Å²) in [7, 11) is 0. The third kappa shape index (κ3) is 2.36. The maximum absolute atomic E-state index is 6.37. The SMILES string of the molecule is CCC1(CC)CCN(c2c(Cl)cccc2CN)C1. The lowest BCUT2D eigenvalue weighted by molar-refractivity contribution is 0.301. The number of benzene rings is 1. The molecule has 2 nitrogen and oxygen atoms in total. The van der Waals surface area contributed by atoms with Crippen LogP contribution < -0.4 is 10.6 Å². The van der Waals surface area contributed by atoms with Gasteiger partial charge < -0.3 is 10.6 Å². The molecule has 2 rings (SSSR count). The van der Waals surface area contributed by atoms with Crippen molar-refractivity contribution in [1.29, 1.82) is 0 Å². The lowest BCUT2D eigenvalue weighted by atomic mass is 9.82. The first-order valence-electron chi connectivity index (χ1n) is 6.88. The normalized spacial score (nSPS) is 18.3. The standard InChI is InChI=1S/C15H23ClN2/c1-3-15(4-2)8-9-18(11-15)14-12(10-17)6-5-7-13(14)16/h5-7H,3-4,8-11,17H2,1-2H3. The summed E-state index contributed by atoms with van der Waals surface area (Å²) in [4.78, 5) is 2.43. The Morgan fingerprint density at radius 3 is 2.61 bits per heavy atom. The maximum Gasteiger partial charge on any atom is 0.0642 e. The van der Waals surface area contributed by atoms with Crippen LogP contribution in [-0.4, -0.2) is 13.1 Å². The Kier molecular flexibility index (Phi) is 4.18. The molecule has 1 aliphatic heterocycles. The number of rotatable bonds is 4. The summed E-state index contributed by atoms with van der Waals surface area (Å²) in [6.45, 7) is 7.35. The van der Waals surface area contributed by atoms with E-state index in [0.29, 0.717) is 12.0 Å². The Hall–Kier alpha value is -0.730. The third-order valence-corrected chi connectivity index (χ3v) is 4.85. The molecule has 0 unspecified atom stereocenters. The first-order valence-corrected chi connectivity index (χ1v) is 7.26. The molecule has 1 saturated heterocycles. The van der Waals surface area contributed by atoms with Gasteiger partial charge in [0.15, 0.2) is 0 Å². The van der Waals surface area contributed by atoms with Gasteiger partial charge in [0.05, 0.1) is 10.7 Å². The molecular weight excluding hydrogens is 244 g/mol. The number of hydrogen-bond donors (Lipinski definition) is 1. The monoisotopic (exact) mass is 266 g/mol. The summed E-state index contributed by atoms with van der Waals surface area (Å²) in [6.07, 6.45) is 3.74. The van der Waals surface area contributed by atoms with E-state index in [-0.39, 0.29) is 0 Å². The molecule has 18 heavy (non-hydrogen) atoms. The van der Waals surface area contributed by atoms with Gasteiger partial charge in [0.25, 0.3) is 0 Å². The van der Waals surface area contributed by atoms with Crippen molar-refractivity contribution in [1.82, 2.24) is 0 Å². The number of hydrogen-bond acceptors (Lipinski definition) is 2. The molecule has 1 aromatic carbocycles. The van der Waals surface area contributed by atoms with Crippen LogP contribution in [-0.2, 0) is 6.54 Å². The first kappa shape index (κ1) is 13.7. The number of nitrogens with two attached hydrogens (primary N) is 1. The van der Waals surface area contributed by atoms with Crippen LogP contribution in [0.4, 0.5) is 5.69 Å². The largest absolute Gasteiger partial charge is 0.369 e. The zero-order chi connectivity index (χ0) is 13.2. The second-order valence-corrected chi connectivity index (χ2v) is 5.74. The molecule has 3 heteroatoms. The van der Waals surface area contributed by atoms with E-state index in [1.807, 2.05) is 12.1 Å². The lowest BCUT2D eigenvalue weighted by Crippen LogP contribution is -2.27. The van der Waals surface area contributed by atoms with Crippen molar-refractivity contribution >= 4 is 17.3 Å². The predicted octanol–water partition coefficient (Wildman–Crippen LogP) is 3.82. The molecule has 1 aliphatic rings. The van der Waals surface area contributed by atoms with Gasteiger partial charge in [-0.3, -0.25) is 0 Å². The van der Waals surface area contributed by atoms with Crippen molar-refractivity contribution in [2.45, 2.75) is 39.7 Å². The van der Waals surface area contributed by atoms with Gasteiger partial charge in [0.1, 0.15) is 0 Å². The van der Waals surface area contributed by atoms with E-state index in [0.717, 1.165) is 29.4 Å². The molecule has 1 aromatic rings. The Morgan fingerprint density at radius 1 is 1.33 bits per heavy atom. The minimum atomic E-state index is 0.463. The minimum absolute atomic E-state index is 0.463. The van der Waals surface area contributed by atoms with Crippen molar-refractivity contribution in [2.75, 3.05) is 18.0 Å². The van der Waals surface area contributed by atoms with Crippen molar-refractivity contribution in [3.05, 3.63) is 28.8 Å². The van der Waals surface area contributed by atoms with Crippen LogP contribution in [0.25, 0.3) is 0 Å². The molecule has 1 heterocycles. The van der Waals surface area contributed by atoms with Gasteiger partial charge in [0.2, 0.25) is 0 Å². The van der Waals surface area contributed by atoms with E-state index < -0.39 is 0 Å². The topological polar surface area (TPSA) is 29.3 Å². The van der Waals surface area contributed by atoms with Crippen molar-refractivity contribution in [3.8, 4) is 0 Å². The zero-order valence-corrected chi connectivity index (χ0v) is 12.1. The maximum atomic E-state index is 6.37. The van der Waals surface area contributed by atoms with Crippen LogP contribution in [0.15, 0.2) is 18.2 Å². The molecular formula is C15H23ClN2. The summed E-state index contributed by atoms with van der Waals surface area (Å²) >= 11 is 6.37. The second-order valence-electron chi connectivity index (χ2n) is 5.33. The van der Waals surface area contributed by atoms with E-state index in [4.69, 9.17) is 17.3 Å². The quantitative estimate of drug-likeness (QED) is 0.898. The number of halogens is 1. The predicted molar refractivity (Wildman–Crippen MR) is 79.2 cm³/mol. The highest BCUT2D eigenvalue weighted by molar-refractivity contribution is 6.33. The summed E-state index contributed by atoms with van der Waals surface area (Å²) < 4.78 is 0. The first-order chi connectivity index (χ1) is 8.65. The van der Waals surface area contributed by atoms with Crippen molar-refractivity contribution in [3.63, 3.8) is 0 Å². The van der Waals surface area contributed by atoms with E-state index in [2.05, 4.69) is 24.8 Å². The van der Waals surface area contributed by atoms with E-state index in [1.165, 1.54) is 19.3 Å². The van der Waals surface area contributed by atoms with Crippen LogP contribution >= 0.6 is 11.6 Å². The fraction of sp³-hybridized carbons (Fsp3) is 0.600. The zero-order valence-electron chi connectivity index (χ0n) is 11.4. The summed E-state index contributed by atoms with van der Waals surface area (Å²) in [6, 6.07) is 6.03. The molecule has 0 spiro atoms. The van der Waals surface area contributed by atoms with Crippen LogP contribution in [0.1, 0.15) is 38.7 Å². The third-order valence-electron chi connectivity index (χ3n) is 4.54. The van der Waals surface area contributed by atoms with E-state index >= 15 is 0 Å². The molecule has 0 aromatic heterocycles. The molecule has 0 aliphatic carbocycles. The highest BCUT2D eigenvalue weighted by Gasteiger charge is 2.36. The molecule has 100 valence electrons. The molecule has 1 fully saturated rings. The summed E-state index contributed by atoms with van der Waals surface area (Å²) in [5.41, 5.74) is 8.61. The van der Waals surface area contributed by atoms with Crippen LogP contribution in [0.2, 0.25) is 5.02 Å². The average molecular weight is 267 g/mol. The number of para-hydroxylation sites is 1. The Balaban J connectivity index is 2.29. The van der Waals surface area contributed by atoms with Crippen LogP contribution in [0.5, 0.6) is 0 Å². The van der Waals surface area contributed by atoms with Gasteiger partial charge in [-0.25, -0.2) is 0 Å². The number of nitrogens with zero attached hydrogens (tertiary/aromatic N) is 1. The molecule has 0 saturated carbocycles. The Bertz CT molecular complexity index is 413. The second kappa shape index (κ2) is 5.50. The lowest BCUT2D eigenvalue weighted by Gasteiger charge is -2.28. The molecule has 2 N–H and O–H groups in total. The Labute approximate surface area is 115 Å². The van der Waals surface area contributed by atoms with Crippen LogP contribution in [0.3, 0.4) is 0 Å². The van der Waals surface area contributed by atoms with Crippen molar-refractivity contribution < 1.29 is 0 Å². The summed E-state index contributed by atoms with van der Waals surface area (Å²) in [5, 5.41) is 0.834. The highest BCUT2D eigenvalue weighted by atomic mass is 35.5. The molecule has 0 bridgehead atoms. The minimum Gasteiger partial charge on any atom is -0.369 e. The van der Waals surface area contributed by atoms with Gasteiger partial charge in [-0.1, -0.05) is 37.6 Å². The van der Waals surface area contributed by atoms with Gasteiger partial charge >= 0.3 is 0 Å². The van der Waals surface area contributed by atoms with Gasteiger partial charge in [-0.2, -0.15) is 0 Å². The average Bonchev–Trinajstić information content (AvgIpc) is 2.83. The smallest absolute Gasteiger partial charge is 0.0642 e. The Morgan fingerprint density at radius 2 is 2.06 bits per heavy atom. The molecule has 0 radical (unpaired) electrons.